The van der Waals surface area contributed by atoms with E-state index in [4.69, 9.17) is 0 Å². The third-order valence-corrected chi connectivity index (χ3v) is 3.53. The third-order valence-electron chi connectivity index (χ3n) is 2.20. The van der Waals surface area contributed by atoms with Gasteiger partial charge in [-0.15, -0.1) is 0 Å². The van der Waals surface area contributed by atoms with E-state index < -0.39 is 0 Å². The number of aromatic hydroxyl groups is 1. The summed E-state index contributed by atoms with van der Waals surface area (Å²) in [5.74, 6) is 1.48. The molecule has 1 atom stereocenters. The first-order chi connectivity index (χ1) is 5.70. The number of aryl methyl sites for hydroxylation is 1. The van der Waals surface area contributed by atoms with E-state index in [2.05, 4.69) is 18.4 Å². The summed E-state index contributed by atoms with van der Waals surface area (Å²) < 4.78 is 2.19. The minimum atomic E-state index is 0. The zero-order valence-electron chi connectivity index (χ0n) is 7.62. The maximum Gasteiger partial charge on any atom is 0.283 e. The van der Waals surface area contributed by atoms with Crippen LogP contribution in [0.5, 0.6) is 5.75 Å². The number of rotatable bonds is 0. The van der Waals surface area contributed by atoms with Gasteiger partial charge in [0, 0.05) is 13.0 Å². The van der Waals surface area contributed by atoms with Crippen molar-refractivity contribution in [1.82, 2.24) is 0 Å². The first-order valence-electron chi connectivity index (χ1n) is 4.07. The molecule has 0 aliphatic carbocycles. The van der Waals surface area contributed by atoms with Gasteiger partial charge in [-0.05, 0) is 24.8 Å². The van der Waals surface area contributed by atoms with E-state index in [0.717, 1.165) is 10.8 Å². The molecule has 0 spiro atoms. The van der Waals surface area contributed by atoms with E-state index in [9.17, 15) is 5.11 Å². The molecule has 0 saturated carbocycles. The monoisotopic (exact) mass is 217 g/mol. The molecule has 2 nitrogen and oxygen atoms in total. The van der Waals surface area contributed by atoms with Crippen LogP contribution in [-0.4, -0.2) is 10.9 Å². The molecule has 0 aromatic carbocycles. The van der Waals surface area contributed by atoms with E-state index in [1.54, 1.807) is 17.8 Å². The number of fused-ring (bicyclic) bond motifs is 1. The van der Waals surface area contributed by atoms with Gasteiger partial charge in [-0.25, -0.2) is 0 Å². The zero-order valence-corrected chi connectivity index (χ0v) is 9.19. The van der Waals surface area contributed by atoms with Crippen molar-refractivity contribution in [2.75, 3.05) is 5.75 Å². The Labute approximate surface area is 88.4 Å². The predicted octanol–water partition coefficient (Wildman–Crippen LogP) is -1.34. The number of halogens is 1. The molecule has 0 bridgehead atoms. The van der Waals surface area contributed by atoms with Gasteiger partial charge < -0.3 is 17.5 Å². The molecule has 0 amide bonds. The molecule has 2 heterocycles. The highest BCUT2D eigenvalue weighted by atomic mass is 35.5. The summed E-state index contributed by atoms with van der Waals surface area (Å²) in [5.41, 5.74) is 1.22. The molecule has 1 aromatic heterocycles. The molecule has 1 unspecified atom stereocenters. The smallest absolute Gasteiger partial charge is 0.283 e. The lowest BCUT2D eigenvalue weighted by Crippen LogP contribution is -3.00. The number of hydrogen-bond donors (Lipinski definition) is 1. The lowest BCUT2D eigenvalue weighted by atomic mass is 10.3. The summed E-state index contributed by atoms with van der Waals surface area (Å²) in [4.78, 5) is 0. The highest BCUT2D eigenvalue weighted by Gasteiger charge is 2.32. The van der Waals surface area contributed by atoms with E-state index in [0.29, 0.717) is 11.8 Å². The van der Waals surface area contributed by atoms with Crippen molar-refractivity contribution >= 4 is 11.8 Å². The maximum absolute atomic E-state index is 9.53. The van der Waals surface area contributed by atoms with E-state index in [1.165, 1.54) is 5.69 Å². The Morgan fingerprint density at radius 2 is 2.23 bits per heavy atom. The van der Waals surface area contributed by atoms with Crippen LogP contribution >= 0.6 is 11.8 Å². The first-order valence-corrected chi connectivity index (χ1v) is 5.05. The van der Waals surface area contributed by atoms with Gasteiger partial charge in [0.25, 0.3) is 5.03 Å². The summed E-state index contributed by atoms with van der Waals surface area (Å²) in [5, 5.41) is 10.5. The maximum atomic E-state index is 9.53. The van der Waals surface area contributed by atoms with Crippen molar-refractivity contribution in [3.05, 3.63) is 17.8 Å². The summed E-state index contributed by atoms with van der Waals surface area (Å²) in [6, 6.07) is 4.24. The zero-order chi connectivity index (χ0) is 8.72. The van der Waals surface area contributed by atoms with Crippen LogP contribution in [-0.2, 0) is 0 Å². The molecule has 72 valence electrons. The molecule has 2 rings (SSSR count). The number of aromatic nitrogens is 1. The second-order valence-electron chi connectivity index (χ2n) is 3.20. The Balaban J connectivity index is 0.000000845. The first kappa shape index (κ1) is 10.7. The van der Waals surface area contributed by atoms with Crippen molar-refractivity contribution in [3.8, 4) is 5.75 Å². The molecule has 1 aromatic rings. The van der Waals surface area contributed by atoms with Crippen molar-refractivity contribution < 1.29 is 22.1 Å². The Morgan fingerprint density at radius 3 is 2.85 bits per heavy atom. The minimum absolute atomic E-state index is 0. The fourth-order valence-corrected chi connectivity index (χ4v) is 2.83. The van der Waals surface area contributed by atoms with Crippen molar-refractivity contribution in [1.29, 1.82) is 0 Å². The second kappa shape index (κ2) is 3.76. The van der Waals surface area contributed by atoms with Crippen LogP contribution in [0.3, 0.4) is 0 Å². The topological polar surface area (TPSA) is 24.1 Å². The van der Waals surface area contributed by atoms with Crippen LogP contribution in [0.2, 0.25) is 0 Å². The molecule has 0 saturated heterocycles. The van der Waals surface area contributed by atoms with Gasteiger partial charge in [0.15, 0.2) is 17.5 Å². The van der Waals surface area contributed by atoms with Gasteiger partial charge in [-0.3, -0.25) is 0 Å². The highest BCUT2D eigenvalue weighted by molar-refractivity contribution is 7.99. The summed E-state index contributed by atoms with van der Waals surface area (Å²) in [7, 11) is 0. The quantitative estimate of drug-likeness (QED) is 0.544. The average Bonchev–Trinajstić information content (AvgIpc) is 2.42. The van der Waals surface area contributed by atoms with E-state index in [-0.39, 0.29) is 12.4 Å². The summed E-state index contributed by atoms with van der Waals surface area (Å²) >= 11 is 1.73. The normalized spacial score (nSPS) is 19.4. The molecule has 1 N–H and O–H groups in total. The Hall–Kier alpha value is -0.410. The molecule has 0 radical (unpaired) electrons. The lowest BCUT2D eigenvalue weighted by Gasteiger charge is -2.01. The third kappa shape index (κ3) is 1.63. The van der Waals surface area contributed by atoms with Gasteiger partial charge in [-0.2, -0.15) is 4.57 Å². The number of hydrogen-bond acceptors (Lipinski definition) is 2. The second-order valence-corrected chi connectivity index (χ2v) is 4.20. The lowest BCUT2D eigenvalue weighted by molar-refractivity contribution is -0.750. The Bertz CT molecular complexity index is 330. The average molecular weight is 218 g/mol. The molecule has 4 heteroatoms. The van der Waals surface area contributed by atoms with Crippen molar-refractivity contribution in [2.24, 2.45) is 0 Å². The number of pyridine rings is 1. The van der Waals surface area contributed by atoms with Gasteiger partial charge in [-0.1, -0.05) is 0 Å². The Morgan fingerprint density at radius 1 is 1.54 bits per heavy atom. The SMILES string of the molecule is Cc1ccc(O)c2[n+]1C(C)CS2.[Cl-]. The van der Waals surface area contributed by atoms with Gasteiger partial charge in [0.05, 0.1) is 5.75 Å². The fourth-order valence-electron chi connectivity index (χ4n) is 1.60. The highest BCUT2D eigenvalue weighted by Crippen LogP contribution is 2.32. The van der Waals surface area contributed by atoms with Crippen LogP contribution in [0, 0.1) is 6.92 Å². The molecule has 1 aliphatic rings. The van der Waals surface area contributed by atoms with Crippen LogP contribution in [0.15, 0.2) is 17.2 Å². The van der Waals surface area contributed by atoms with E-state index >= 15 is 0 Å². The summed E-state index contributed by atoms with van der Waals surface area (Å²) in [6.07, 6.45) is 0. The predicted molar refractivity (Wildman–Crippen MR) is 48.5 cm³/mol. The van der Waals surface area contributed by atoms with Crippen LogP contribution < -0.4 is 17.0 Å². The molecular formula is C9H12ClNOS. The van der Waals surface area contributed by atoms with Gasteiger partial charge in [0.2, 0.25) is 0 Å². The molecular weight excluding hydrogens is 206 g/mol. The van der Waals surface area contributed by atoms with Crippen molar-refractivity contribution in [2.45, 2.75) is 24.9 Å². The largest absolute Gasteiger partial charge is 1.00 e. The van der Waals surface area contributed by atoms with Crippen LogP contribution in [0.1, 0.15) is 18.7 Å². The fraction of sp³-hybridized carbons (Fsp3) is 0.444. The standard InChI is InChI=1S/C9H11NOS.ClH/c1-6-3-4-8(11)9-10(6)7(2)5-12-9;/h3-4,7H,5H2,1-2H3;1H. The molecule has 1 aliphatic heterocycles. The van der Waals surface area contributed by atoms with E-state index in [1.807, 2.05) is 6.07 Å². The number of nitrogens with zero attached hydrogens (tertiary/aromatic N) is 1. The number of thioether (sulfide) groups is 1. The molecule has 0 fully saturated rings. The van der Waals surface area contributed by atoms with Crippen LogP contribution in [0.4, 0.5) is 0 Å². The Kier molecular flexibility index (Phi) is 3.09. The van der Waals surface area contributed by atoms with Crippen molar-refractivity contribution in [3.63, 3.8) is 0 Å². The van der Waals surface area contributed by atoms with Gasteiger partial charge in [0.1, 0.15) is 0 Å². The molecule has 13 heavy (non-hydrogen) atoms. The summed E-state index contributed by atoms with van der Waals surface area (Å²) in [6.45, 7) is 4.25. The van der Waals surface area contributed by atoms with Gasteiger partial charge >= 0.3 is 0 Å². The van der Waals surface area contributed by atoms with Crippen LogP contribution in [0.25, 0.3) is 0 Å². The minimum Gasteiger partial charge on any atom is -1.00 e.